The van der Waals surface area contributed by atoms with Gasteiger partial charge in [0.25, 0.3) is 5.91 Å². The Bertz CT molecular complexity index is 1150. The van der Waals surface area contributed by atoms with Gasteiger partial charge in [0.05, 0.1) is 25.0 Å². The Morgan fingerprint density at radius 1 is 1.25 bits per heavy atom. The van der Waals surface area contributed by atoms with Gasteiger partial charge in [-0.25, -0.2) is 15.0 Å². The molecule has 2 N–H and O–H groups in total. The molecule has 0 spiro atoms. The van der Waals surface area contributed by atoms with Gasteiger partial charge in [-0.2, -0.15) is 4.52 Å². The summed E-state index contributed by atoms with van der Waals surface area (Å²) in [5.41, 5.74) is 7.48. The quantitative estimate of drug-likeness (QED) is 0.552. The molecule has 0 radical (unpaired) electrons. The van der Waals surface area contributed by atoms with E-state index >= 15 is 0 Å². The van der Waals surface area contributed by atoms with E-state index in [1.165, 1.54) is 15.9 Å². The highest BCUT2D eigenvalue weighted by molar-refractivity contribution is 7.13. The van der Waals surface area contributed by atoms with E-state index in [-0.39, 0.29) is 11.9 Å². The zero-order valence-corrected chi connectivity index (χ0v) is 15.4. The molecule has 142 valence electrons. The highest BCUT2D eigenvalue weighted by Gasteiger charge is 2.23. The molecule has 0 unspecified atom stereocenters. The lowest BCUT2D eigenvalue weighted by Crippen LogP contribution is -2.40. The van der Waals surface area contributed by atoms with Gasteiger partial charge in [0.2, 0.25) is 11.8 Å². The fourth-order valence-corrected chi connectivity index (χ4v) is 3.77. The molecule has 1 aliphatic heterocycles. The second-order valence-corrected chi connectivity index (χ2v) is 6.98. The van der Waals surface area contributed by atoms with Gasteiger partial charge in [-0.3, -0.25) is 4.79 Å². The Morgan fingerprint density at radius 3 is 2.89 bits per heavy atom. The number of rotatable bonds is 3. The van der Waals surface area contributed by atoms with Gasteiger partial charge in [-0.05, 0) is 12.1 Å². The average Bonchev–Trinajstić information content (AvgIpc) is 3.48. The summed E-state index contributed by atoms with van der Waals surface area (Å²) in [7, 11) is 0. The zero-order chi connectivity index (χ0) is 19.1. The molecule has 4 aromatic heterocycles. The van der Waals surface area contributed by atoms with Crippen LogP contribution in [0.5, 0.6) is 0 Å². The van der Waals surface area contributed by atoms with Crippen LogP contribution >= 0.6 is 11.3 Å². The number of fused-ring (bicyclic) bond motifs is 1. The van der Waals surface area contributed by atoms with E-state index in [1.54, 1.807) is 34.9 Å². The molecular weight excluding hydrogens is 382 g/mol. The molecule has 0 atom stereocenters. The number of hydrogen-bond acceptors (Lipinski definition) is 9. The van der Waals surface area contributed by atoms with E-state index in [2.05, 4.69) is 20.1 Å². The lowest BCUT2D eigenvalue weighted by atomic mass is 10.3. The van der Waals surface area contributed by atoms with Crippen molar-refractivity contribution in [3.05, 3.63) is 35.7 Å². The van der Waals surface area contributed by atoms with Crippen molar-refractivity contribution in [3.8, 4) is 22.2 Å². The fourth-order valence-electron chi connectivity index (χ4n) is 2.97. The molecular formula is C17H15N7O3S. The Morgan fingerprint density at radius 2 is 2.11 bits per heavy atom. The van der Waals surface area contributed by atoms with Gasteiger partial charge in [0, 0.05) is 24.7 Å². The Labute approximate surface area is 162 Å². The van der Waals surface area contributed by atoms with Crippen molar-refractivity contribution >= 4 is 28.8 Å². The molecule has 0 bridgehead atoms. The minimum atomic E-state index is -0.108. The van der Waals surface area contributed by atoms with Crippen molar-refractivity contribution in [1.82, 2.24) is 29.5 Å². The number of thiazole rings is 1. The molecule has 11 heteroatoms. The van der Waals surface area contributed by atoms with Crippen LogP contribution in [0, 0.1) is 0 Å². The lowest BCUT2D eigenvalue weighted by molar-refractivity contribution is 0.0299. The van der Waals surface area contributed by atoms with Crippen LogP contribution in [-0.4, -0.2) is 61.7 Å². The molecule has 28 heavy (non-hydrogen) atoms. The van der Waals surface area contributed by atoms with E-state index in [0.717, 1.165) is 0 Å². The molecule has 5 rings (SSSR count). The molecule has 0 aromatic carbocycles. The number of ether oxygens (including phenoxy) is 1. The molecule has 1 aliphatic rings. The van der Waals surface area contributed by atoms with Crippen LogP contribution in [0.4, 0.5) is 5.95 Å². The number of morpholine rings is 1. The fraction of sp³-hybridized carbons (Fsp3) is 0.235. The first-order valence-corrected chi connectivity index (χ1v) is 9.47. The number of anilines is 1. The predicted molar refractivity (Wildman–Crippen MR) is 101 cm³/mol. The summed E-state index contributed by atoms with van der Waals surface area (Å²) in [6.45, 7) is 2.22. The van der Waals surface area contributed by atoms with Crippen molar-refractivity contribution in [2.45, 2.75) is 0 Å². The first kappa shape index (κ1) is 16.8. The number of hydrogen-bond donors (Lipinski definition) is 1. The Hall–Kier alpha value is -3.31. The summed E-state index contributed by atoms with van der Waals surface area (Å²) in [5.74, 6) is 1.01. The number of carbonyl (C=O) groups is 1. The normalized spacial score (nSPS) is 14.6. The molecule has 5 heterocycles. The average molecular weight is 397 g/mol. The smallest absolute Gasteiger partial charge is 0.273 e. The van der Waals surface area contributed by atoms with Crippen molar-refractivity contribution in [2.24, 2.45) is 0 Å². The standard InChI is InChI=1S/C17H15N7O3S/c18-17-19-8-10(14-21-13(22-24(14)17)12-2-1-5-27-12)15-20-11(9-28-15)16(25)23-3-6-26-7-4-23/h1-2,5,8-9H,3-4,6-7H2,(H2,18,19). The van der Waals surface area contributed by atoms with Gasteiger partial charge in [0.15, 0.2) is 11.4 Å². The van der Waals surface area contributed by atoms with Gasteiger partial charge in [-0.15, -0.1) is 16.4 Å². The topological polar surface area (TPSA) is 125 Å². The van der Waals surface area contributed by atoms with Gasteiger partial charge < -0.3 is 19.8 Å². The predicted octanol–water partition coefficient (Wildman–Crippen LogP) is 1.56. The summed E-state index contributed by atoms with van der Waals surface area (Å²) in [6.07, 6.45) is 3.14. The summed E-state index contributed by atoms with van der Waals surface area (Å²) in [6, 6.07) is 3.52. The maximum atomic E-state index is 12.7. The highest BCUT2D eigenvalue weighted by Crippen LogP contribution is 2.29. The van der Waals surface area contributed by atoms with E-state index < -0.39 is 0 Å². The molecule has 0 aliphatic carbocycles. The Balaban J connectivity index is 1.54. The van der Waals surface area contributed by atoms with Crippen molar-refractivity contribution < 1.29 is 13.9 Å². The second-order valence-electron chi connectivity index (χ2n) is 6.12. The molecule has 1 amide bonds. The summed E-state index contributed by atoms with van der Waals surface area (Å²) >= 11 is 1.35. The first-order valence-electron chi connectivity index (χ1n) is 8.59. The van der Waals surface area contributed by atoms with Crippen molar-refractivity contribution in [1.29, 1.82) is 0 Å². The summed E-state index contributed by atoms with van der Waals surface area (Å²) < 4.78 is 12.1. The first-order chi connectivity index (χ1) is 13.7. The van der Waals surface area contributed by atoms with E-state index in [0.29, 0.717) is 59.8 Å². The SMILES string of the molecule is Nc1ncc(-c2nc(C(=O)N3CCOCC3)cs2)c2nc(-c3ccco3)nn12. The third-order valence-corrected chi connectivity index (χ3v) is 5.26. The van der Waals surface area contributed by atoms with Crippen LogP contribution < -0.4 is 5.73 Å². The minimum absolute atomic E-state index is 0.108. The number of furan rings is 1. The van der Waals surface area contributed by atoms with E-state index in [4.69, 9.17) is 14.9 Å². The lowest BCUT2D eigenvalue weighted by Gasteiger charge is -2.25. The molecule has 0 saturated carbocycles. The molecule has 1 saturated heterocycles. The third-order valence-electron chi connectivity index (χ3n) is 4.38. The van der Waals surface area contributed by atoms with Crippen LogP contribution in [-0.2, 0) is 4.74 Å². The largest absolute Gasteiger partial charge is 0.461 e. The number of amides is 1. The van der Waals surface area contributed by atoms with Gasteiger partial charge in [-0.1, -0.05) is 0 Å². The van der Waals surface area contributed by atoms with Gasteiger partial charge >= 0.3 is 0 Å². The van der Waals surface area contributed by atoms with E-state index in [1.807, 2.05) is 0 Å². The number of nitrogens with two attached hydrogens (primary N) is 1. The van der Waals surface area contributed by atoms with Gasteiger partial charge in [0.1, 0.15) is 10.7 Å². The second kappa shape index (κ2) is 6.69. The van der Waals surface area contributed by atoms with Crippen LogP contribution in [0.15, 0.2) is 34.4 Å². The summed E-state index contributed by atoms with van der Waals surface area (Å²) in [5, 5.41) is 6.73. The molecule has 1 fully saturated rings. The third kappa shape index (κ3) is 2.80. The minimum Gasteiger partial charge on any atom is -0.461 e. The van der Waals surface area contributed by atoms with Crippen molar-refractivity contribution in [3.63, 3.8) is 0 Å². The zero-order valence-electron chi connectivity index (χ0n) is 14.6. The molecule has 10 nitrogen and oxygen atoms in total. The Kier molecular flexibility index (Phi) is 4.02. The summed E-state index contributed by atoms with van der Waals surface area (Å²) in [4.78, 5) is 27.6. The maximum absolute atomic E-state index is 12.7. The van der Waals surface area contributed by atoms with E-state index in [9.17, 15) is 4.79 Å². The van der Waals surface area contributed by atoms with Crippen LogP contribution in [0.25, 0.3) is 27.8 Å². The van der Waals surface area contributed by atoms with Crippen LogP contribution in [0.3, 0.4) is 0 Å². The monoisotopic (exact) mass is 397 g/mol. The number of nitrogens with zero attached hydrogens (tertiary/aromatic N) is 6. The number of aromatic nitrogens is 5. The van der Waals surface area contributed by atoms with Crippen molar-refractivity contribution in [2.75, 3.05) is 32.0 Å². The van der Waals surface area contributed by atoms with Crippen LogP contribution in [0.2, 0.25) is 0 Å². The maximum Gasteiger partial charge on any atom is 0.273 e. The molecule has 4 aromatic rings. The number of nitrogen functional groups attached to an aromatic ring is 1. The van der Waals surface area contributed by atoms with Crippen LogP contribution in [0.1, 0.15) is 10.5 Å². The number of carbonyl (C=O) groups excluding carboxylic acids is 1. The highest BCUT2D eigenvalue weighted by atomic mass is 32.1.